The molecule has 1 heterocycles. The third kappa shape index (κ3) is 6.55. The molecule has 0 aliphatic carbocycles. The number of aryl methyl sites for hydroxylation is 2. The van der Waals surface area contributed by atoms with Gasteiger partial charge in [0.15, 0.2) is 6.10 Å². The normalized spacial score (nSPS) is 16.8. The topological polar surface area (TPSA) is 76.2 Å². The lowest BCUT2D eigenvalue weighted by Crippen LogP contribution is -2.46. The van der Waals surface area contributed by atoms with Crippen molar-refractivity contribution in [2.75, 3.05) is 25.0 Å². The van der Waals surface area contributed by atoms with Gasteiger partial charge in [0.2, 0.25) is 0 Å². The Morgan fingerprint density at radius 2 is 1.66 bits per heavy atom. The first-order valence-electron chi connectivity index (χ1n) is 12.5. The number of ether oxygens (including phenoxy) is 2. The summed E-state index contributed by atoms with van der Waals surface area (Å²) in [5.41, 5.74) is 4.62. The van der Waals surface area contributed by atoms with Gasteiger partial charge in [-0.15, -0.1) is 11.8 Å². The molecule has 0 N–H and O–H groups in total. The van der Waals surface area contributed by atoms with Gasteiger partial charge in [0.25, 0.3) is 5.91 Å². The lowest BCUT2D eigenvalue weighted by Gasteiger charge is -2.29. The largest absolute Gasteiger partial charge is 0.451 e. The number of nitrogens with zero attached hydrogens (tertiary/aromatic N) is 2. The zero-order valence-corrected chi connectivity index (χ0v) is 22.9. The maximum Gasteiger partial charge on any atom is 0.409 e. The molecule has 0 spiro atoms. The van der Waals surface area contributed by atoms with E-state index in [1.54, 1.807) is 11.9 Å². The molecular weight excluding hydrogens is 500 g/mol. The fraction of sp³-hybridized carbons (Fsp3) is 0.300. The molecule has 3 aromatic carbocycles. The number of carbonyl (C=O) groups is 3. The van der Waals surface area contributed by atoms with E-state index in [0.29, 0.717) is 0 Å². The molecule has 1 aliphatic rings. The molecule has 0 radical (unpaired) electrons. The first-order valence-corrected chi connectivity index (χ1v) is 13.3. The summed E-state index contributed by atoms with van der Waals surface area (Å²) in [6.07, 6.45) is -1.51. The second kappa shape index (κ2) is 12.2. The van der Waals surface area contributed by atoms with Crippen LogP contribution in [-0.2, 0) is 25.7 Å². The number of rotatable bonds is 7. The summed E-state index contributed by atoms with van der Waals surface area (Å²) in [6, 6.07) is 23.3. The van der Waals surface area contributed by atoms with Crippen molar-refractivity contribution in [3.8, 4) is 0 Å². The first kappa shape index (κ1) is 27.3. The highest BCUT2D eigenvalue weighted by atomic mass is 32.2. The molecule has 0 unspecified atom stereocenters. The fourth-order valence-electron chi connectivity index (χ4n) is 4.23. The Morgan fingerprint density at radius 3 is 2.34 bits per heavy atom. The molecule has 3 aromatic rings. The molecule has 0 fully saturated rings. The van der Waals surface area contributed by atoms with E-state index in [1.807, 2.05) is 86.6 Å². The molecule has 198 valence electrons. The summed E-state index contributed by atoms with van der Waals surface area (Å²) in [5, 5.41) is -0.424. The van der Waals surface area contributed by atoms with Crippen LogP contribution in [0.3, 0.4) is 0 Å². The third-order valence-electron chi connectivity index (χ3n) is 6.32. The van der Waals surface area contributed by atoms with E-state index in [1.165, 1.54) is 23.6 Å². The summed E-state index contributed by atoms with van der Waals surface area (Å²) in [4.78, 5) is 42.7. The number of benzene rings is 3. The Bertz CT molecular complexity index is 1300. The van der Waals surface area contributed by atoms with E-state index in [4.69, 9.17) is 9.47 Å². The van der Waals surface area contributed by atoms with Gasteiger partial charge in [-0.3, -0.25) is 9.59 Å². The zero-order valence-electron chi connectivity index (χ0n) is 22.0. The minimum atomic E-state index is -1.02. The van der Waals surface area contributed by atoms with E-state index in [9.17, 15) is 14.4 Å². The number of fused-ring (bicyclic) bond motifs is 1. The van der Waals surface area contributed by atoms with Crippen LogP contribution in [0, 0.1) is 13.8 Å². The van der Waals surface area contributed by atoms with Crippen LogP contribution in [0.1, 0.15) is 34.4 Å². The van der Waals surface area contributed by atoms with Gasteiger partial charge in [-0.05, 0) is 42.7 Å². The molecule has 38 heavy (non-hydrogen) atoms. The molecule has 2 atom stereocenters. The van der Waals surface area contributed by atoms with Crippen LogP contribution in [0.25, 0.3) is 0 Å². The number of amides is 2. The monoisotopic (exact) mass is 532 g/mol. The Hall–Kier alpha value is -3.78. The standard InChI is InChI=1S/C30H32N2O5S/c1-20-10-13-24(14-11-20)28-27(37-22(3)33)29(34)32(25-18-21(2)12-15-26(25)38-28)17-16-31(4)30(35)36-19-23-8-6-5-7-9-23/h5-15,18,27-28H,16-17,19H2,1-4H3/t27-,28+/m0/s1. The van der Waals surface area contributed by atoms with Crippen LogP contribution in [0.4, 0.5) is 10.5 Å². The summed E-state index contributed by atoms with van der Waals surface area (Å²) in [5.74, 6) is -0.849. The molecule has 0 saturated heterocycles. The maximum absolute atomic E-state index is 14.0. The maximum atomic E-state index is 14.0. The lowest BCUT2D eigenvalue weighted by atomic mass is 10.0. The van der Waals surface area contributed by atoms with Crippen molar-refractivity contribution in [2.24, 2.45) is 0 Å². The zero-order chi connectivity index (χ0) is 27.2. The average Bonchev–Trinajstić information content (AvgIpc) is 3.01. The van der Waals surface area contributed by atoms with Crippen molar-refractivity contribution in [1.82, 2.24) is 4.90 Å². The van der Waals surface area contributed by atoms with Gasteiger partial charge in [0.1, 0.15) is 6.61 Å². The quantitative estimate of drug-likeness (QED) is 0.364. The van der Waals surface area contributed by atoms with Crippen molar-refractivity contribution in [3.63, 3.8) is 0 Å². The second-order valence-corrected chi connectivity index (χ2v) is 10.6. The highest BCUT2D eigenvalue weighted by Crippen LogP contribution is 2.47. The van der Waals surface area contributed by atoms with Crippen molar-refractivity contribution in [1.29, 1.82) is 0 Å². The van der Waals surface area contributed by atoms with Gasteiger partial charge in [-0.25, -0.2) is 4.79 Å². The molecule has 8 heteroatoms. The highest BCUT2D eigenvalue weighted by Gasteiger charge is 2.41. The number of esters is 1. The van der Waals surface area contributed by atoms with Crippen molar-refractivity contribution in [3.05, 3.63) is 95.1 Å². The van der Waals surface area contributed by atoms with Crippen molar-refractivity contribution < 1.29 is 23.9 Å². The predicted octanol–water partition coefficient (Wildman–Crippen LogP) is 5.68. The van der Waals surface area contributed by atoms with Gasteiger partial charge in [-0.1, -0.05) is 66.2 Å². The van der Waals surface area contributed by atoms with Crippen LogP contribution in [0.5, 0.6) is 0 Å². The SMILES string of the molecule is CC(=O)O[C@@H]1C(=O)N(CCN(C)C(=O)OCc2ccccc2)c2cc(C)ccc2S[C@@H]1c1ccc(C)cc1. The summed E-state index contributed by atoms with van der Waals surface area (Å²) in [7, 11) is 1.64. The molecule has 0 saturated carbocycles. The minimum absolute atomic E-state index is 0.165. The average molecular weight is 533 g/mol. The van der Waals surface area contributed by atoms with Gasteiger partial charge < -0.3 is 19.3 Å². The smallest absolute Gasteiger partial charge is 0.409 e. The number of thioether (sulfide) groups is 1. The number of carbonyl (C=O) groups excluding carboxylic acids is 3. The third-order valence-corrected chi connectivity index (χ3v) is 7.69. The fourth-order valence-corrected chi connectivity index (χ4v) is 5.53. The Balaban J connectivity index is 1.58. The number of anilines is 1. The molecule has 2 amide bonds. The van der Waals surface area contributed by atoms with E-state index < -0.39 is 23.4 Å². The summed E-state index contributed by atoms with van der Waals surface area (Å²) in [6.45, 7) is 5.89. The van der Waals surface area contributed by atoms with E-state index in [-0.39, 0.29) is 25.6 Å². The Kier molecular flexibility index (Phi) is 8.73. The number of hydrogen-bond acceptors (Lipinski definition) is 6. The van der Waals surface area contributed by atoms with Gasteiger partial charge in [-0.2, -0.15) is 0 Å². The first-order chi connectivity index (χ1) is 18.2. The van der Waals surface area contributed by atoms with Crippen LogP contribution < -0.4 is 4.90 Å². The number of likely N-dealkylation sites (N-methyl/N-ethyl adjacent to an activating group) is 1. The molecule has 7 nitrogen and oxygen atoms in total. The Labute approximate surface area is 227 Å². The van der Waals surface area contributed by atoms with Crippen LogP contribution in [0.15, 0.2) is 77.7 Å². The molecule has 0 aromatic heterocycles. The second-order valence-electron chi connectivity index (χ2n) is 9.40. The van der Waals surface area contributed by atoms with Crippen LogP contribution in [0.2, 0.25) is 0 Å². The van der Waals surface area contributed by atoms with E-state index in [0.717, 1.165) is 32.8 Å². The highest BCUT2D eigenvalue weighted by molar-refractivity contribution is 7.99. The summed E-state index contributed by atoms with van der Waals surface area (Å²) < 4.78 is 11.1. The molecule has 1 aliphatic heterocycles. The number of hydrogen-bond donors (Lipinski definition) is 0. The minimum Gasteiger partial charge on any atom is -0.451 e. The molecule has 4 rings (SSSR count). The van der Waals surface area contributed by atoms with E-state index in [2.05, 4.69) is 0 Å². The van der Waals surface area contributed by atoms with Gasteiger partial charge in [0.05, 0.1) is 10.9 Å². The lowest BCUT2D eigenvalue weighted by molar-refractivity contribution is -0.152. The van der Waals surface area contributed by atoms with Crippen LogP contribution >= 0.6 is 11.8 Å². The predicted molar refractivity (Wildman–Crippen MR) is 148 cm³/mol. The van der Waals surface area contributed by atoms with Gasteiger partial charge >= 0.3 is 12.1 Å². The molecular formula is C30H32N2O5S. The summed E-state index contributed by atoms with van der Waals surface area (Å²) >= 11 is 1.50. The molecule has 0 bridgehead atoms. The van der Waals surface area contributed by atoms with Crippen molar-refractivity contribution in [2.45, 2.75) is 43.6 Å². The van der Waals surface area contributed by atoms with E-state index >= 15 is 0 Å². The van der Waals surface area contributed by atoms with Crippen molar-refractivity contribution >= 4 is 35.4 Å². The van der Waals surface area contributed by atoms with Gasteiger partial charge in [0, 0.05) is 32.0 Å². The Morgan fingerprint density at radius 1 is 0.974 bits per heavy atom. The van der Waals surface area contributed by atoms with Crippen LogP contribution in [-0.4, -0.2) is 49.1 Å².